The molecule has 1 aromatic carbocycles. The first-order valence-corrected chi connectivity index (χ1v) is 9.56. The highest BCUT2D eigenvalue weighted by Gasteiger charge is 2.20. The van der Waals surface area contributed by atoms with E-state index in [2.05, 4.69) is 0 Å². The molecule has 0 unspecified atom stereocenters. The summed E-state index contributed by atoms with van der Waals surface area (Å²) >= 11 is 0. The number of carbonyl (C=O) groups is 1. The van der Waals surface area contributed by atoms with Crippen LogP contribution < -0.4 is 0 Å². The number of likely N-dealkylation sites (tertiary alicyclic amines) is 1. The van der Waals surface area contributed by atoms with Gasteiger partial charge in [0, 0.05) is 13.1 Å². The van der Waals surface area contributed by atoms with Crippen molar-refractivity contribution in [2.24, 2.45) is 0 Å². The summed E-state index contributed by atoms with van der Waals surface area (Å²) in [6.07, 6.45) is 4.91. The van der Waals surface area contributed by atoms with Gasteiger partial charge in [0.25, 0.3) is 0 Å². The minimum absolute atomic E-state index is 0.140. The largest absolute Gasteiger partial charge is 0.342 e. The zero-order valence-electron chi connectivity index (χ0n) is 13.4. The third-order valence-corrected chi connectivity index (χ3v) is 6.36. The molecule has 1 aliphatic rings. The molecule has 0 aromatic heterocycles. The van der Waals surface area contributed by atoms with E-state index in [1.54, 1.807) is 38.1 Å². The van der Waals surface area contributed by atoms with Gasteiger partial charge in [-0.15, -0.1) is 0 Å². The summed E-state index contributed by atoms with van der Waals surface area (Å²) in [5.74, 6) is 0.140. The van der Waals surface area contributed by atoms with Crippen LogP contribution in [0.5, 0.6) is 0 Å². The van der Waals surface area contributed by atoms with Crippen molar-refractivity contribution in [2.75, 3.05) is 13.1 Å². The molecule has 1 fully saturated rings. The molecule has 1 saturated heterocycles. The molecule has 4 nitrogen and oxygen atoms in total. The summed E-state index contributed by atoms with van der Waals surface area (Å²) < 4.78 is 24.2. The first kappa shape index (κ1) is 17.0. The zero-order chi connectivity index (χ0) is 16.2. The van der Waals surface area contributed by atoms with Gasteiger partial charge in [0.2, 0.25) is 5.91 Å². The van der Waals surface area contributed by atoms with E-state index in [-0.39, 0.29) is 5.91 Å². The highest BCUT2D eigenvalue weighted by molar-refractivity contribution is 7.92. The lowest BCUT2D eigenvalue weighted by atomic mass is 10.1. The van der Waals surface area contributed by atoms with Gasteiger partial charge in [-0.05, 0) is 44.4 Å². The fourth-order valence-electron chi connectivity index (χ4n) is 2.68. The zero-order valence-corrected chi connectivity index (χ0v) is 14.2. The van der Waals surface area contributed by atoms with Crippen LogP contribution in [0.25, 0.3) is 0 Å². The van der Waals surface area contributed by atoms with Crippen LogP contribution in [0.1, 0.15) is 45.1 Å². The van der Waals surface area contributed by atoms with Crippen LogP contribution >= 0.6 is 0 Å². The lowest BCUT2D eigenvalue weighted by Gasteiger charge is -2.20. The predicted octanol–water partition coefficient (Wildman–Crippen LogP) is 2.81. The number of benzene rings is 1. The smallest absolute Gasteiger partial charge is 0.226 e. The number of hydrogen-bond acceptors (Lipinski definition) is 3. The minimum atomic E-state index is -3.24. The molecule has 22 heavy (non-hydrogen) atoms. The van der Waals surface area contributed by atoms with Gasteiger partial charge in [0.1, 0.15) is 0 Å². The van der Waals surface area contributed by atoms with E-state index in [4.69, 9.17) is 0 Å². The van der Waals surface area contributed by atoms with Crippen molar-refractivity contribution >= 4 is 15.7 Å². The lowest BCUT2D eigenvalue weighted by Crippen LogP contribution is -2.33. The monoisotopic (exact) mass is 323 g/mol. The molecule has 0 N–H and O–H groups in total. The number of nitrogens with zero attached hydrogens (tertiary/aromatic N) is 1. The molecule has 1 amide bonds. The average Bonchev–Trinajstić information content (AvgIpc) is 2.76. The maximum absolute atomic E-state index is 12.3. The number of amides is 1. The van der Waals surface area contributed by atoms with Crippen molar-refractivity contribution in [1.29, 1.82) is 0 Å². The molecule has 1 aliphatic heterocycles. The number of sulfone groups is 1. The van der Waals surface area contributed by atoms with E-state index in [0.29, 0.717) is 11.3 Å². The first-order valence-electron chi connectivity index (χ1n) is 8.02. The van der Waals surface area contributed by atoms with E-state index < -0.39 is 15.1 Å². The number of rotatable bonds is 4. The minimum Gasteiger partial charge on any atom is -0.342 e. The summed E-state index contributed by atoms with van der Waals surface area (Å²) in [7, 11) is -3.24. The Morgan fingerprint density at radius 2 is 1.59 bits per heavy atom. The third kappa shape index (κ3) is 4.09. The van der Waals surface area contributed by atoms with Crippen LogP contribution in [0.4, 0.5) is 0 Å². The van der Waals surface area contributed by atoms with Crippen LogP contribution in [0.15, 0.2) is 29.2 Å². The third-order valence-electron chi connectivity index (χ3n) is 4.19. The normalized spacial score (nSPS) is 16.6. The van der Waals surface area contributed by atoms with E-state index in [0.717, 1.165) is 31.5 Å². The molecule has 1 heterocycles. The SMILES string of the molecule is CC(C)S(=O)(=O)c1ccc(CC(=O)N2CCCCCC2)cc1. The highest BCUT2D eigenvalue weighted by atomic mass is 32.2. The van der Waals surface area contributed by atoms with E-state index in [1.807, 2.05) is 4.90 Å². The molecule has 0 atom stereocenters. The molecule has 0 aliphatic carbocycles. The maximum Gasteiger partial charge on any atom is 0.226 e. The second-order valence-electron chi connectivity index (χ2n) is 6.21. The molecule has 0 radical (unpaired) electrons. The van der Waals surface area contributed by atoms with Crippen molar-refractivity contribution in [3.05, 3.63) is 29.8 Å². The molecule has 0 saturated carbocycles. The van der Waals surface area contributed by atoms with Crippen molar-refractivity contribution in [3.63, 3.8) is 0 Å². The summed E-state index contributed by atoms with van der Waals surface area (Å²) in [5.41, 5.74) is 0.872. The highest BCUT2D eigenvalue weighted by Crippen LogP contribution is 2.17. The van der Waals surface area contributed by atoms with Gasteiger partial charge in [-0.2, -0.15) is 0 Å². The molecule has 0 spiro atoms. The fraction of sp³-hybridized carbons (Fsp3) is 0.588. The molecule has 0 bridgehead atoms. The van der Waals surface area contributed by atoms with E-state index in [9.17, 15) is 13.2 Å². The Balaban J connectivity index is 2.03. The van der Waals surface area contributed by atoms with Gasteiger partial charge >= 0.3 is 0 Å². The Bertz CT molecular complexity index is 597. The van der Waals surface area contributed by atoms with Gasteiger partial charge in [-0.25, -0.2) is 8.42 Å². The molecular formula is C17H25NO3S. The van der Waals surface area contributed by atoms with Crippen LogP contribution in [0, 0.1) is 0 Å². The standard InChI is InChI=1S/C17H25NO3S/c1-14(2)22(20,21)16-9-7-15(8-10-16)13-17(19)18-11-5-3-4-6-12-18/h7-10,14H,3-6,11-13H2,1-2H3. The predicted molar refractivity (Wildman–Crippen MR) is 87.5 cm³/mol. The maximum atomic E-state index is 12.3. The van der Waals surface area contributed by atoms with Gasteiger partial charge in [0.05, 0.1) is 16.6 Å². The first-order chi connectivity index (χ1) is 10.4. The Morgan fingerprint density at radius 1 is 1.05 bits per heavy atom. The lowest BCUT2D eigenvalue weighted by molar-refractivity contribution is -0.130. The topological polar surface area (TPSA) is 54.5 Å². The fourth-order valence-corrected chi connectivity index (χ4v) is 3.74. The number of carbonyl (C=O) groups excluding carboxylic acids is 1. The Hall–Kier alpha value is -1.36. The van der Waals surface area contributed by atoms with Crippen molar-refractivity contribution in [1.82, 2.24) is 4.90 Å². The van der Waals surface area contributed by atoms with Gasteiger partial charge < -0.3 is 4.90 Å². The molecule has 122 valence electrons. The van der Waals surface area contributed by atoms with E-state index in [1.165, 1.54) is 12.8 Å². The Labute approximate surface area is 133 Å². The summed E-state index contributed by atoms with van der Waals surface area (Å²) in [6.45, 7) is 5.04. The van der Waals surface area contributed by atoms with Crippen LogP contribution in [0.2, 0.25) is 0 Å². The van der Waals surface area contributed by atoms with E-state index >= 15 is 0 Å². The van der Waals surface area contributed by atoms with Gasteiger partial charge in [-0.1, -0.05) is 25.0 Å². The Morgan fingerprint density at radius 3 is 2.09 bits per heavy atom. The second-order valence-corrected chi connectivity index (χ2v) is 8.71. The average molecular weight is 323 g/mol. The van der Waals surface area contributed by atoms with Crippen LogP contribution in [-0.4, -0.2) is 37.6 Å². The second kappa shape index (κ2) is 7.27. The van der Waals surface area contributed by atoms with Crippen molar-refractivity contribution in [3.8, 4) is 0 Å². The molecule has 1 aromatic rings. The molecular weight excluding hydrogens is 298 g/mol. The summed E-state index contributed by atoms with van der Waals surface area (Å²) in [4.78, 5) is 14.6. The van der Waals surface area contributed by atoms with Crippen LogP contribution in [-0.2, 0) is 21.1 Å². The Kier molecular flexibility index (Phi) is 5.62. The van der Waals surface area contributed by atoms with Crippen molar-refractivity contribution < 1.29 is 13.2 Å². The summed E-state index contributed by atoms with van der Waals surface area (Å²) in [5, 5.41) is -0.433. The van der Waals surface area contributed by atoms with Gasteiger partial charge in [0.15, 0.2) is 9.84 Å². The number of hydrogen-bond donors (Lipinski definition) is 0. The summed E-state index contributed by atoms with van der Waals surface area (Å²) in [6, 6.07) is 6.73. The van der Waals surface area contributed by atoms with Crippen LogP contribution in [0.3, 0.4) is 0 Å². The molecule has 5 heteroatoms. The van der Waals surface area contributed by atoms with Crippen molar-refractivity contribution in [2.45, 2.75) is 56.1 Å². The van der Waals surface area contributed by atoms with Gasteiger partial charge in [-0.3, -0.25) is 4.79 Å². The quantitative estimate of drug-likeness (QED) is 0.856. The molecule has 2 rings (SSSR count).